The Morgan fingerprint density at radius 1 is 1.12 bits per heavy atom. The summed E-state index contributed by atoms with van der Waals surface area (Å²) in [6.45, 7) is 3.02. The van der Waals surface area contributed by atoms with E-state index in [0.717, 1.165) is 71.7 Å². The molecule has 1 saturated heterocycles. The Kier molecular flexibility index (Phi) is 4.13. The van der Waals surface area contributed by atoms with Gasteiger partial charge >= 0.3 is 0 Å². The second-order valence-electron chi connectivity index (χ2n) is 7.14. The number of anilines is 1. The quantitative estimate of drug-likeness (QED) is 0.595. The molecule has 1 aromatic carbocycles. The highest BCUT2D eigenvalue weighted by Gasteiger charge is 2.29. The summed E-state index contributed by atoms with van der Waals surface area (Å²) in [5.74, 6) is 3.72. The molecule has 1 fully saturated rings. The zero-order valence-electron chi connectivity index (χ0n) is 14.3. The van der Waals surface area contributed by atoms with Crippen LogP contribution in [0.2, 0.25) is 5.02 Å². The summed E-state index contributed by atoms with van der Waals surface area (Å²) in [6.07, 6.45) is 4.55. The van der Waals surface area contributed by atoms with E-state index in [-0.39, 0.29) is 0 Å². The number of aromatic nitrogens is 4. The molecule has 4 heterocycles. The molecule has 0 aliphatic carbocycles. The van der Waals surface area contributed by atoms with Crippen LogP contribution in [0.1, 0.15) is 36.8 Å². The molecular weight excluding hydrogens is 414 g/mol. The Morgan fingerprint density at radius 3 is 2.96 bits per heavy atom. The van der Waals surface area contributed by atoms with E-state index in [9.17, 15) is 0 Å². The van der Waals surface area contributed by atoms with E-state index in [1.54, 1.807) is 0 Å². The van der Waals surface area contributed by atoms with Crippen molar-refractivity contribution in [2.75, 3.05) is 18.0 Å². The summed E-state index contributed by atoms with van der Waals surface area (Å²) in [6, 6.07) is 8.16. The molecule has 2 aliphatic rings. The predicted molar refractivity (Wildman–Crippen MR) is 107 cm³/mol. The molecule has 2 aromatic heterocycles. The van der Waals surface area contributed by atoms with E-state index in [0.29, 0.717) is 10.9 Å². The summed E-state index contributed by atoms with van der Waals surface area (Å²) < 4.78 is 3.30. The van der Waals surface area contributed by atoms with Gasteiger partial charge in [-0.25, -0.2) is 4.98 Å². The minimum atomic E-state index is 0.418. The maximum absolute atomic E-state index is 6.41. The number of piperidine rings is 1. The van der Waals surface area contributed by atoms with E-state index >= 15 is 0 Å². The van der Waals surface area contributed by atoms with Gasteiger partial charge < -0.3 is 9.47 Å². The van der Waals surface area contributed by atoms with Gasteiger partial charge in [-0.1, -0.05) is 27.5 Å². The van der Waals surface area contributed by atoms with Crippen molar-refractivity contribution < 1.29 is 0 Å². The number of hydrogen-bond donors (Lipinski definition) is 0. The van der Waals surface area contributed by atoms with E-state index in [4.69, 9.17) is 16.6 Å². The third kappa shape index (κ3) is 2.79. The first kappa shape index (κ1) is 16.5. The second-order valence-corrected chi connectivity index (χ2v) is 8.47. The van der Waals surface area contributed by atoms with Crippen LogP contribution in [-0.2, 0) is 13.0 Å². The first-order valence-corrected chi connectivity index (χ1v) is 10.3. The van der Waals surface area contributed by atoms with E-state index in [1.165, 1.54) is 6.42 Å². The number of rotatable bonds is 2. The third-order valence-electron chi connectivity index (χ3n) is 5.44. The topological polar surface area (TPSA) is 46.8 Å². The highest BCUT2D eigenvalue weighted by Crippen LogP contribution is 2.33. The minimum Gasteiger partial charge on any atom is -0.356 e. The largest absolute Gasteiger partial charge is 0.356 e. The first-order chi connectivity index (χ1) is 12.7. The number of aryl methyl sites for hydroxylation is 1. The average Bonchev–Trinajstić information content (AvgIpc) is 3.25. The predicted octanol–water partition coefficient (Wildman–Crippen LogP) is 4.57. The summed E-state index contributed by atoms with van der Waals surface area (Å²) in [4.78, 5) is 7.22. The molecule has 0 radical (unpaired) electrons. The molecule has 134 valence electrons. The molecule has 3 aromatic rings. The number of nitrogens with zero attached hydrogens (tertiary/aromatic N) is 5. The summed E-state index contributed by atoms with van der Waals surface area (Å²) in [5.41, 5.74) is 0.859. The minimum absolute atomic E-state index is 0.418. The molecule has 0 amide bonds. The fourth-order valence-corrected chi connectivity index (χ4v) is 5.07. The van der Waals surface area contributed by atoms with Crippen LogP contribution >= 0.6 is 27.5 Å². The van der Waals surface area contributed by atoms with Crippen LogP contribution in [0.15, 0.2) is 28.7 Å². The van der Waals surface area contributed by atoms with Crippen molar-refractivity contribution in [2.24, 2.45) is 0 Å². The Hall–Kier alpha value is -1.66. The highest BCUT2D eigenvalue weighted by atomic mass is 79.9. The second kappa shape index (κ2) is 6.50. The van der Waals surface area contributed by atoms with Gasteiger partial charge in [0.25, 0.3) is 0 Å². The molecule has 0 saturated carbocycles. The number of fused-ring (bicyclic) bond motifs is 2. The van der Waals surface area contributed by atoms with Gasteiger partial charge in [0, 0.05) is 41.8 Å². The van der Waals surface area contributed by atoms with E-state index < -0.39 is 0 Å². The smallest absolute Gasteiger partial charge is 0.137 e. The van der Waals surface area contributed by atoms with Crippen LogP contribution in [0.4, 0.5) is 5.82 Å². The van der Waals surface area contributed by atoms with Crippen molar-refractivity contribution in [3.05, 3.63) is 45.4 Å². The van der Waals surface area contributed by atoms with Crippen molar-refractivity contribution in [2.45, 2.75) is 38.1 Å². The molecule has 5 nitrogen and oxygen atoms in total. The van der Waals surface area contributed by atoms with Crippen LogP contribution in [0.5, 0.6) is 0 Å². The molecule has 0 N–H and O–H groups in total. The molecule has 5 rings (SSSR count). The number of benzene rings is 1. The maximum atomic E-state index is 6.41. The normalized spacial score (nSPS) is 19.9. The van der Waals surface area contributed by atoms with Crippen molar-refractivity contribution in [1.82, 2.24) is 19.7 Å². The van der Waals surface area contributed by atoms with Gasteiger partial charge in [0.1, 0.15) is 17.5 Å². The molecule has 1 atom stereocenters. The van der Waals surface area contributed by atoms with Crippen LogP contribution in [0.3, 0.4) is 0 Å². The summed E-state index contributed by atoms with van der Waals surface area (Å²) >= 11 is 9.91. The lowest BCUT2D eigenvalue weighted by atomic mass is 9.97. The Labute approximate surface area is 165 Å². The zero-order chi connectivity index (χ0) is 17.7. The van der Waals surface area contributed by atoms with E-state index in [1.807, 2.05) is 6.07 Å². The molecule has 0 bridgehead atoms. The van der Waals surface area contributed by atoms with Crippen molar-refractivity contribution in [3.8, 4) is 0 Å². The van der Waals surface area contributed by atoms with Gasteiger partial charge in [0.05, 0.1) is 10.5 Å². The molecule has 1 unspecified atom stereocenters. The van der Waals surface area contributed by atoms with Crippen molar-refractivity contribution >= 4 is 44.3 Å². The lowest BCUT2D eigenvalue weighted by Crippen LogP contribution is -2.35. The van der Waals surface area contributed by atoms with Crippen LogP contribution in [0, 0.1) is 0 Å². The van der Waals surface area contributed by atoms with E-state index in [2.05, 4.69) is 53.8 Å². The number of hydrogen-bond acceptors (Lipinski definition) is 4. The highest BCUT2D eigenvalue weighted by molar-refractivity contribution is 9.10. The molecule has 0 spiro atoms. The summed E-state index contributed by atoms with van der Waals surface area (Å²) in [7, 11) is 0. The van der Waals surface area contributed by atoms with Gasteiger partial charge in [-0.2, -0.15) is 0 Å². The zero-order valence-corrected chi connectivity index (χ0v) is 16.7. The van der Waals surface area contributed by atoms with Crippen molar-refractivity contribution in [3.63, 3.8) is 0 Å². The SMILES string of the molecule is Clc1cc(Br)cc2ccc(N3CCCC(c4nnc5n4CCC5)C3)nc12. The fraction of sp³-hybridized carbons (Fsp3) is 0.421. The van der Waals surface area contributed by atoms with Gasteiger partial charge in [-0.3, -0.25) is 0 Å². The summed E-state index contributed by atoms with van der Waals surface area (Å²) in [5, 5.41) is 10.6. The molecule has 7 heteroatoms. The number of halogens is 2. The number of pyridine rings is 1. The van der Waals surface area contributed by atoms with Gasteiger partial charge in [0.2, 0.25) is 0 Å². The lowest BCUT2D eigenvalue weighted by Gasteiger charge is -2.33. The lowest BCUT2D eigenvalue weighted by molar-refractivity contribution is 0.471. The molecular formula is C19H19BrClN5. The Morgan fingerprint density at radius 2 is 2.04 bits per heavy atom. The average molecular weight is 433 g/mol. The Balaban J connectivity index is 1.45. The van der Waals surface area contributed by atoms with Crippen molar-refractivity contribution in [1.29, 1.82) is 0 Å². The molecule has 26 heavy (non-hydrogen) atoms. The van der Waals surface area contributed by atoms with Crippen LogP contribution in [-0.4, -0.2) is 32.8 Å². The fourth-order valence-electron chi connectivity index (χ4n) is 4.19. The van der Waals surface area contributed by atoms with Gasteiger partial charge in [0.15, 0.2) is 0 Å². The molecule has 2 aliphatic heterocycles. The third-order valence-corrected chi connectivity index (χ3v) is 6.19. The van der Waals surface area contributed by atoms with Gasteiger partial charge in [-0.05, 0) is 43.5 Å². The van der Waals surface area contributed by atoms with Gasteiger partial charge in [-0.15, -0.1) is 10.2 Å². The standard InChI is InChI=1S/C19H19BrClN5/c20-14-9-12-5-6-16(22-18(12)15(21)10-14)25-7-1-3-13(11-25)19-24-23-17-4-2-8-26(17)19/h5-6,9-10,13H,1-4,7-8,11H2. The van der Waals surface area contributed by atoms with Crippen LogP contribution in [0.25, 0.3) is 10.9 Å². The van der Waals surface area contributed by atoms with Crippen LogP contribution < -0.4 is 4.90 Å². The Bertz CT molecular complexity index is 985. The maximum Gasteiger partial charge on any atom is 0.137 e. The monoisotopic (exact) mass is 431 g/mol. The first-order valence-electron chi connectivity index (χ1n) is 9.12.